The lowest BCUT2D eigenvalue weighted by atomic mass is 9.78. The molecule has 1 amide bonds. The van der Waals surface area contributed by atoms with Gasteiger partial charge in [-0.1, -0.05) is 36.4 Å². The molecule has 0 saturated carbocycles. The highest BCUT2D eigenvalue weighted by Crippen LogP contribution is 2.49. The quantitative estimate of drug-likeness (QED) is 0.139. The number of azide groups is 1. The van der Waals surface area contributed by atoms with E-state index in [-0.39, 0.29) is 12.5 Å². The molecule has 2 aliphatic heterocycles. The molecule has 3 aromatic carbocycles. The van der Waals surface area contributed by atoms with Gasteiger partial charge in [0.15, 0.2) is 0 Å². The molecule has 1 N–H and O–H groups in total. The number of carbonyl (C=O) groups is 1. The highest BCUT2D eigenvalue weighted by Gasteiger charge is 2.53. The molecular weight excluding hydrogens is 532 g/mol. The maximum Gasteiger partial charge on any atom is 0.251 e. The van der Waals surface area contributed by atoms with Gasteiger partial charge in [-0.2, -0.15) is 0 Å². The first-order valence-electron chi connectivity index (χ1n) is 13.9. The van der Waals surface area contributed by atoms with Crippen molar-refractivity contribution < 1.29 is 14.3 Å². The highest BCUT2D eigenvalue weighted by atomic mass is 28.3. The Kier molecular flexibility index (Phi) is 7.85. The SMILES string of the molecule is CN(C)c1ccc2c(c1)[Si](C)(C)c1cc(N(C)C)ccc1C21OCc2cc(C(=O)NCCOCCN=[N+]=[N-])ccc21. The summed E-state index contributed by atoms with van der Waals surface area (Å²) >= 11 is 0. The van der Waals surface area contributed by atoms with Crippen LogP contribution in [-0.4, -0.2) is 68.5 Å². The van der Waals surface area contributed by atoms with Gasteiger partial charge in [-0.3, -0.25) is 4.79 Å². The van der Waals surface area contributed by atoms with Gasteiger partial charge in [0.2, 0.25) is 0 Å². The van der Waals surface area contributed by atoms with E-state index in [0.29, 0.717) is 31.9 Å². The van der Waals surface area contributed by atoms with E-state index < -0.39 is 13.7 Å². The number of hydrogen-bond donors (Lipinski definition) is 1. The summed E-state index contributed by atoms with van der Waals surface area (Å²) in [6.07, 6.45) is 0. The fraction of sp³-hybridized carbons (Fsp3) is 0.387. The van der Waals surface area contributed by atoms with Crippen molar-refractivity contribution in [2.45, 2.75) is 25.3 Å². The lowest BCUT2D eigenvalue weighted by molar-refractivity contribution is 0.0276. The first kappa shape index (κ1) is 28.7. The molecule has 0 fully saturated rings. The molecule has 0 bridgehead atoms. The van der Waals surface area contributed by atoms with Crippen LogP contribution in [0.1, 0.15) is 32.6 Å². The second-order valence-electron chi connectivity index (χ2n) is 11.5. The molecular formula is C31H38N6O3Si. The second-order valence-corrected chi connectivity index (χ2v) is 15.9. The van der Waals surface area contributed by atoms with Crippen LogP contribution in [0.2, 0.25) is 13.1 Å². The second kappa shape index (κ2) is 11.2. The number of ether oxygens (including phenoxy) is 2. The van der Waals surface area contributed by atoms with Crippen LogP contribution in [0.5, 0.6) is 0 Å². The minimum Gasteiger partial charge on any atom is -0.379 e. The Balaban J connectivity index is 1.53. The molecule has 9 nitrogen and oxygen atoms in total. The van der Waals surface area contributed by atoms with Gasteiger partial charge in [0.05, 0.1) is 19.8 Å². The molecule has 214 valence electrons. The van der Waals surface area contributed by atoms with Crippen molar-refractivity contribution >= 4 is 35.7 Å². The number of fused-ring (bicyclic) bond motifs is 6. The van der Waals surface area contributed by atoms with Gasteiger partial charge >= 0.3 is 0 Å². The number of amides is 1. The number of nitrogens with one attached hydrogen (secondary N) is 1. The molecule has 0 aromatic heterocycles. The molecule has 0 atom stereocenters. The van der Waals surface area contributed by atoms with Crippen LogP contribution >= 0.6 is 0 Å². The molecule has 0 saturated heterocycles. The number of rotatable bonds is 9. The third kappa shape index (κ3) is 4.97. The Morgan fingerprint density at radius 1 is 0.976 bits per heavy atom. The van der Waals surface area contributed by atoms with Crippen LogP contribution in [0.4, 0.5) is 11.4 Å². The van der Waals surface area contributed by atoms with Crippen molar-refractivity contribution in [1.29, 1.82) is 0 Å². The van der Waals surface area contributed by atoms with Crippen LogP contribution in [0.25, 0.3) is 10.4 Å². The monoisotopic (exact) mass is 570 g/mol. The fourth-order valence-corrected chi connectivity index (χ4v) is 9.23. The van der Waals surface area contributed by atoms with E-state index >= 15 is 0 Å². The van der Waals surface area contributed by atoms with Gasteiger partial charge in [0.25, 0.3) is 5.91 Å². The van der Waals surface area contributed by atoms with Crippen molar-refractivity contribution in [3.05, 3.63) is 92.9 Å². The zero-order valence-electron chi connectivity index (χ0n) is 24.7. The van der Waals surface area contributed by atoms with Crippen molar-refractivity contribution in [3.63, 3.8) is 0 Å². The van der Waals surface area contributed by atoms with Gasteiger partial charge in [-0.25, -0.2) is 0 Å². The van der Waals surface area contributed by atoms with Crippen LogP contribution in [0.3, 0.4) is 0 Å². The van der Waals surface area contributed by atoms with Crippen LogP contribution < -0.4 is 25.5 Å². The van der Waals surface area contributed by atoms with Gasteiger partial charge in [-0.15, -0.1) is 0 Å². The third-order valence-corrected chi connectivity index (χ3v) is 11.8. The standard InChI is InChI=1S/C31H38N6O3Si/c1-36(2)23-8-11-26-28(18-23)41(5,6)29-19-24(37(3)4)9-12-27(29)31(26)25-10-7-21(17-22(25)20-40-31)30(38)33-13-15-39-16-14-34-35-32/h7-12,17-19H,13-16,20H2,1-6H3,(H,33,38). The molecule has 1 spiro atoms. The minimum atomic E-state index is -2.09. The molecule has 3 aromatic rings. The third-order valence-electron chi connectivity index (χ3n) is 8.27. The lowest BCUT2D eigenvalue weighted by Gasteiger charge is -2.45. The Hall–Kier alpha value is -3.82. The maximum absolute atomic E-state index is 13.0. The number of hydrogen-bond acceptors (Lipinski definition) is 6. The van der Waals surface area contributed by atoms with Crippen molar-refractivity contribution in [2.75, 3.05) is 64.3 Å². The largest absolute Gasteiger partial charge is 0.379 e. The average molecular weight is 571 g/mol. The Bertz CT molecular complexity index is 1470. The van der Waals surface area contributed by atoms with Crippen LogP contribution in [0.15, 0.2) is 59.7 Å². The van der Waals surface area contributed by atoms with Crippen molar-refractivity contribution in [3.8, 4) is 0 Å². The summed E-state index contributed by atoms with van der Waals surface area (Å²) in [5, 5.41) is 9.11. The first-order chi connectivity index (χ1) is 19.6. The van der Waals surface area contributed by atoms with Gasteiger partial charge in [0.1, 0.15) is 13.7 Å². The fourth-order valence-electron chi connectivity index (χ4n) is 6.06. The zero-order chi connectivity index (χ0) is 29.4. The first-order valence-corrected chi connectivity index (χ1v) is 16.9. The van der Waals surface area contributed by atoms with E-state index in [0.717, 1.165) is 11.1 Å². The summed E-state index contributed by atoms with van der Waals surface area (Å²) in [6, 6.07) is 19.5. The summed E-state index contributed by atoms with van der Waals surface area (Å²) in [5.74, 6) is -0.156. The van der Waals surface area contributed by atoms with Crippen molar-refractivity contribution in [2.24, 2.45) is 5.11 Å². The van der Waals surface area contributed by atoms with E-state index in [9.17, 15) is 4.79 Å². The van der Waals surface area contributed by atoms with E-state index in [1.54, 1.807) is 0 Å². The zero-order valence-corrected chi connectivity index (χ0v) is 25.7. The normalized spacial score (nSPS) is 15.4. The highest BCUT2D eigenvalue weighted by molar-refractivity contribution is 7.01. The molecule has 0 unspecified atom stereocenters. The van der Waals surface area contributed by atoms with Gasteiger partial charge in [-0.05, 0) is 74.6 Å². The van der Waals surface area contributed by atoms with E-state index in [2.05, 4.69) is 109 Å². The van der Waals surface area contributed by atoms with Gasteiger partial charge in [0, 0.05) is 63.1 Å². The molecule has 2 aliphatic rings. The number of benzene rings is 3. The number of anilines is 2. The summed E-state index contributed by atoms with van der Waals surface area (Å²) in [6.45, 7) is 6.60. The number of nitrogens with zero attached hydrogens (tertiary/aromatic N) is 5. The van der Waals surface area contributed by atoms with E-state index in [1.807, 2.05) is 12.1 Å². The lowest BCUT2D eigenvalue weighted by Crippen LogP contribution is -2.63. The summed E-state index contributed by atoms with van der Waals surface area (Å²) < 4.78 is 12.3. The summed E-state index contributed by atoms with van der Waals surface area (Å²) in [4.78, 5) is 20.0. The molecule has 2 heterocycles. The summed E-state index contributed by atoms with van der Waals surface area (Å²) in [7, 11) is 6.23. The molecule has 10 heteroatoms. The van der Waals surface area contributed by atoms with Crippen molar-refractivity contribution in [1.82, 2.24) is 5.32 Å². The van der Waals surface area contributed by atoms with E-state index in [1.165, 1.54) is 32.9 Å². The molecule has 0 radical (unpaired) electrons. The predicted molar refractivity (Wildman–Crippen MR) is 167 cm³/mol. The Morgan fingerprint density at radius 2 is 1.59 bits per heavy atom. The van der Waals surface area contributed by atoms with Gasteiger partial charge < -0.3 is 24.6 Å². The van der Waals surface area contributed by atoms with E-state index in [4.69, 9.17) is 15.0 Å². The molecule has 41 heavy (non-hydrogen) atoms. The minimum absolute atomic E-state index is 0.156. The maximum atomic E-state index is 13.0. The predicted octanol–water partition coefficient (Wildman–Crippen LogP) is 3.83. The Labute approximate surface area is 242 Å². The summed E-state index contributed by atoms with van der Waals surface area (Å²) in [5.41, 5.74) is 15.1. The average Bonchev–Trinajstić information content (AvgIpc) is 3.34. The Morgan fingerprint density at radius 3 is 2.17 bits per heavy atom. The molecule has 5 rings (SSSR count). The topological polar surface area (TPSA) is 103 Å². The molecule has 0 aliphatic carbocycles. The van der Waals surface area contributed by atoms with Crippen LogP contribution in [-0.2, 0) is 21.7 Å². The van der Waals surface area contributed by atoms with Crippen LogP contribution in [0, 0.1) is 0 Å². The smallest absolute Gasteiger partial charge is 0.251 e. The number of carbonyl (C=O) groups excluding carboxylic acids is 1.